The molecule has 2 rings (SSSR count). The Kier molecular flexibility index (Phi) is 5.04. The Balaban J connectivity index is 2.16. The zero-order chi connectivity index (χ0) is 16.3. The van der Waals surface area contributed by atoms with Crippen LogP contribution in [-0.4, -0.2) is 8.42 Å². The number of sulfonamides is 1. The average Bonchev–Trinajstić information content (AvgIpc) is 2.40. The van der Waals surface area contributed by atoms with E-state index < -0.39 is 10.0 Å². The Morgan fingerprint density at radius 2 is 1.68 bits per heavy atom. The standard InChI is InChI=1S/C18H23NO2S/c1-13-9-10-18(15(3)11-13)16(4)19-22(20,21)12-17-8-6-5-7-14(17)2/h5-11,16,19H,12H2,1-4H3/t16-/m0/s1. The summed E-state index contributed by atoms with van der Waals surface area (Å²) in [6, 6.07) is 13.4. The van der Waals surface area contributed by atoms with Gasteiger partial charge in [0.25, 0.3) is 0 Å². The fraction of sp³-hybridized carbons (Fsp3) is 0.333. The summed E-state index contributed by atoms with van der Waals surface area (Å²) in [6.07, 6.45) is 0. The smallest absolute Gasteiger partial charge is 0.212 e. The van der Waals surface area contributed by atoms with Crippen LogP contribution in [-0.2, 0) is 15.8 Å². The topological polar surface area (TPSA) is 46.2 Å². The minimum atomic E-state index is -3.38. The first kappa shape index (κ1) is 16.7. The molecule has 0 aliphatic rings. The van der Waals surface area contributed by atoms with E-state index in [1.807, 2.05) is 64.1 Å². The molecule has 0 spiro atoms. The van der Waals surface area contributed by atoms with Gasteiger partial charge in [0.1, 0.15) is 0 Å². The summed E-state index contributed by atoms with van der Waals surface area (Å²) in [4.78, 5) is 0. The van der Waals surface area contributed by atoms with Crippen LogP contribution in [0.25, 0.3) is 0 Å². The Morgan fingerprint density at radius 3 is 2.32 bits per heavy atom. The molecule has 2 aromatic rings. The number of rotatable bonds is 5. The summed E-state index contributed by atoms with van der Waals surface area (Å²) in [7, 11) is -3.38. The molecule has 4 heteroatoms. The monoisotopic (exact) mass is 317 g/mol. The highest BCUT2D eigenvalue weighted by Crippen LogP contribution is 2.20. The van der Waals surface area contributed by atoms with Crippen molar-refractivity contribution >= 4 is 10.0 Å². The highest BCUT2D eigenvalue weighted by atomic mass is 32.2. The van der Waals surface area contributed by atoms with Crippen molar-refractivity contribution in [2.75, 3.05) is 0 Å². The minimum absolute atomic E-state index is 0.00885. The van der Waals surface area contributed by atoms with Gasteiger partial charge >= 0.3 is 0 Å². The van der Waals surface area contributed by atoms with Crippen LogP contribution in [0.3, 0.4) is 0 Å². The zero-order valence-electron chi connectivity index (χ0n) is 13.6. The van der Waals surface area contributed by atoms with E-state index in [1.165, 1.54) is 5.56 Å². The van der Waals surface area contributed by atoms with E-state index in [1.54, 1.807) is 0 Å². The fourth-order valence-electron chi connectivity index (χ4n) is 2.66. The maximum Gasteiger partial charge on any atom is 0.216 e. The van der Waals surface area contributed by atoms with Gasteiger partial charge in [-0.3, -0.25) is 0 Å². The van der Waals surface area contributed by atoms with Crippen molar-refractivity contribution in [1.82, 2.24) is 4.72 Å². The maximum absolute atomic E-state index is 12.4. The van der Waals surface area contributed by atoms with Crippen molar-refractivity contribution in [2.24, 2.45) is 0 Å². The molecule has 0 bridgehead atoms. The van der Waals surface area contributed by atoms with Crippen molar-refractivity contribution in [2.45, 2.75) is 39.5 Å². The molecular formula is C18H23NO2S. The third-order valence-corrected chi connectivity index (χ3v) is 5.26. The van der Waals surface area contributed by atoms with Crippen molar-refractivity contribution in [3.05, 3.63) is 70.3 Å². The summed E-state index contributed by atoms with van der Waals surface area (Å²) in [6.45, 7) is 7.85. The van der Waals surface area contributed by atoms with Gasteiger partial charge in [0.05, 0.1) is 5.75 Å². The summed E-state index contributed by atoms with van der Waals surface area (Å²) in [5.74, 6) is 0.00885. The molecule has 0 fully saturated rings. The number of hydrogen-bond donors (Lipinski definition) is 1. The van der Waals surface area contributed by atoms with Crippen molar-refractivity contribution in [3.8, 4) is 0 Å². The maximum atomic E-state index is 12.4. The van der Waals surface area contributed by atoms with E-state index in [2.05, 4.69) is 10.8 Å². The lowest BCUT2D eigenvalue weighted by atomic mass is 10.0. The molecule has 0 saturated carbocycles. The van der Waals surface area contributed by atoms with Crippen molar-refractivity contribution in [1.29, 1.82) is 0 Å². The molecule has 2 aromatic carbocycles. The summed E-state index contributed by atoms with van der Waals surface area (Å²) in [5, 5.41) is 0. The molecule has 0 aliphatic carbocycles. The van der Waals surface area contributed by atoms with E-state index in [9.17, 15) is 8.42 Å². The molecule has 1 N–H and O–H groups in total. The van der Waals surface area contributed by atoms with Gasteiger partial charge in [0.15, 0.2) is 0 Å². The lowest BCUT2D eigenvalue weighted by Crippen LogP contribution is -2.28. The SMILES string of the molecule is Cc1ccc([C@H](C)NS(=O)(=O)Cc2ccccc2C)c(C)c1. The van der Waals surface area contributed by atoms with E-state index in [4.69, 9.17) is 0 Å². The molecular weight excluding hydrogens is 294 g/mol. The lowest BCUT2D eigenvalue weighted by molar-refractivity contribution is 0.565. The van der Waals surface area contributed by atoms with Crippen LogP contribution < -0.4 is 4.72 Å². The van der Waals surface area contributed by atoms with Crippen LogP contribution in [0.1, 0.15) is 40.8 Å². The molecule has 0 radical (unpaired) electrons. The number of benzene rings is 2. The second-order valence-electron chi connectivity index (χ2n) is 5.89. The highest BCUT2D eigenvalue weighted by molar-refractivity contribution is 7.88. The molecule has 0 aliphatic heterocycles. The van der Waals surface area contributed by atoms with Gasteiger partial charge in [-0.25, -0.2) is 13.1 Å². The largest absolute Gasteiger partial charge is 0.216 e. The summed E-state index contributed by atoms with van der Waals surface area (Å²) < 4.78 is 27.6. The third kappa shape index (κ3) is 4.18. The Hall–Kier alpha value is -1.65. The van der Waals surface area contributed by atoms with Crippen LogP contribution >= 0.6 is 0 Å². The Morgan fingerprint density at radius 1 is 1.00 bits per heavy atom. The van der Waals surface area contributed by atoms with Gasteiger partial charge < -0.3 is 0 Å². The van der Waals surface area contributed by atoms with E-state index in [0.717, 1.165) is 22.3 Å². The molecule has 0 amide bonds. The molecule has 0 aromatic heterocycles. The predicted molar refractivity (Wildman–Crippen MR) is 91.3 cm³/mol. The quantitative estimate of drug-likeness (QED) is 0.912. The lowest BCUT2D eigenvalue weighted by Gasteiger charge is -2.17. The van der Waals surface area contributed by atoms with Gasteiger partial charge in [-0.05, 0) is 49.9 Å². The third-order valence-electron chi connectivity index (χ3n) is 3.85. The molecule has 22 heavy (non-hydrogen) atoms. The molecule has 1 atom stereocenters. The van der Waals surface area contributed by atoms with Gasteiger partial charge in [-0.15, -0.1) is 0 Å². The van der Waals surface area contributed by atoms with Crippen LogP contribution in [0.15, 0.2) is 42.5 Å². The average molecular weight is 317 g/mol. The van der Waals surface area contributed by atoms with Gasteiger partial charge in [0, 0.05) is 6.04 Å². The second-order valence-corrected chi connectivity index (χ2v) is 7.64. The molecule has 0 unspecified atom stereocenters. The van der Waals surface area contributed by atoms with Crippen LogP contribution in [0.4, 0.5) is 0 Å². The summed E-state index contributed by atoms with van der Waals surface area (Å²) in [5.41, 5.74) is 5.12. The fourth-order valence-corrected chi connectivity index (χ4v) is 4.15. The second kappa shape index (κ2) is 6.63. The van der Waals surface area contributed by atoms with E-state index >= 15 is 0 Å². The van der Waals surface area contributed by atoms with Crippen molar-refractivity contribution < 1.29 is 8.42 Å². The van der Waals surface area contributed by atoms with Crippen LogP contribution in [0.2, 0.25) is 0 Å². The predicted octanol–water partition coefficient (Wildman–Crippen LogP) is 3.79. The molecule has 0 heterocycles. The van der Waals surface area contributed by atoms with Crippen LogP contribution in [0, 0.1) is 20.8 Å². The van der Waals surface area contributed by atoms with Gasteiger partial charge in [-0.2, -0.15) is 0 Å². The Bertz CT molecular complexity index is 766. The molecule has 0 saturated heterocycles. The van der Waals surface area contributed by atoms with Gasteiger partial charge in [0.2, 0.25) is 10.0 Å². The first-order valence-electron chi connectivity index (χ1n) is 7.40. The molecule has 118 valence electrons. The Labute approximate surface area is 133 Å². The highest BCUT2D eigenvalue weighted by Gasteiger charge is 2.18. The normalized spacial score (nSPS) is 13.1. The van der Waals surface area contributed by atoms with Gasteiger partial charge in [-0.1, -0.05) is 48.0 Å². The minimum Gasteiger partial charge on any atom is -0.212 e. The van der Waals surface area contributed by atoms with E-state index in [-0.39, 0.29) is 11.8 Å². The number of aryl methyl sites for hydroxylation is 3. The summed E-state index contributed by atoms with van der Waals surface area (Å²) >= 11 is 0. The number of hydrogen-bond acceptors (Lipinski definition) is 2. The first-order valence-corrected chi connectivity index (χ1v) is 9.05. The number of nitrogens with one attached hydrogen (secondary N) is 1. The van der Waals surface area contributed by atoms with E-state index in [0.29, 0.717) is 0 Å². The zero-order valence-corrected chi connectivity index (χ0v) is 14.4. The van der Waals surface area contributed by atoms with Crippen molar-refractivity contribution in [3.63, 3.8) is 0 Å². The molecule has 3 nitrogen and oxygen atoms in total. The first-order chi connectivity index (χ1) is 10.3. The van der Waals surface area contributed by atoms with Crippen LogP contribution in [0.5, 0.6) is 0 Å².